The van der Waals surface area contributed by atoms with E-state index in [-0.39, 0.29) is 0 Å². The summed E-state index contributed by atoms with van der Waals surface area (Å²) in [6, 6.07) is 0.766. The van der Waals surface area contributed by atoms with Crippen molar-refractivity contribution in [3.63, 3.8) is 0 Å². The molecule has 1 aromatic rings. The van der Waals surface area contributed by atoms with Crippen molar-refractivity contribution >= 4 is 0 Å². The summed E-state index contributed by atoms with van der Waals surface area (Å²) in [4.78, 5) is 5.36. The van der Waals surface area contributed by atoms with Crippen LogP contribution in [0.2, 0.25) is 0 Å². The zero-order valence-electron chi connectivity index (χ0n) is 15.2. The van der Waals surface area contributed by atoms with Gasteiger partial charge in [-0.2, -0.15) is 5.10 Å². The molecule has 3 aliphatic rings. The predicted octanol–water partition coefficient (Wildman–Crippen LogP) is 1.95. The summed E-state index contributed by atoms with van der Waals surface area (Å²) in [7, 11) is 2.09. The molecule has 0 bridgehead atoms. The number of nitrogens with zero attached hydrogens (tertiary/aromatic N) is 4. The Morgan fingerprint density at radius 2 is 1.88 bits per heavy atom. The van der Waals surface area contributed by atoms with E-state index in [9.17, 15) is 0 Å². The number of likely N-dealkylation sites (tertiary alicyclic amines) is 1. The maximum Gasteiger partial charge on any atom is 0.0700 e. The molecule has 2 aliphatic heterocycles. The molecule has 0 radical (unpaired) electrons. The van der Waals surface area contributed by atoms with Crippen LogP contribution in [0.3, 0.4) is 0 Å². The highest BCUT2D eigenvalue weighted by atomic mass is 15.3. The van der Waals surface area contributed by atoms with Crippen LogP contribution < -0.4 is 5.32 Å². The highest BCUT2D eigenvalue weighted by molar-refractivity contribution is 5.22. The topological polar surface area (TPSA) is 36.3 Å². The van der Waals surface area contributed by atoms with Gasteiger partial charge < -0.3 is 5.32 Å². The van der Waals surface area contributed by atoms with Crippen molar-refractivity contribution in [2.24, 2.45) is 7.05 Å². The third-order valence-electron chi connectivity index (χ3n) is 6.24. The van der Waals surface area contributed by atoms with E-state index < -0.39 is 0 Å². The largest absolute Gasteiger partial charge is 0.314 e. The molecule has 1 saturated carbocycles. The lowest BCUT2D eigenvalue weighted by Gasteiger charge is -2.32. The van der Waals surface area contributed by atoms with Crippen molar-refractivity contribution in [3.05, 3.63) is 17.5 Å². The van der Waals surface area contributed by atoms with Gasteiger partial charge in [0.25, 0.3) is 0 Å². The molecule has 0 aromatic carbocycles. The average Bonchev–Trinajstić information content (AvgIpc) is 3.23. The number of hydrogen-bond donors (Lipinski definition) is 1. The summed E-state index contributed by atoms with van der Waals surface area (Å²) < 4.78 is 2.04. The molecule has 24 heavy (non-hydrogen) atoms. The Kier molecular flexibility index (Phi) is 5.20. The Morgan fingerprint density at radius 3 is 2.67 bits per heavy atom. The quantitative estimate of drug-likeness (QED) is 0.915. The number of nitrogens with one attached hydrogen (secondary N) is 1. The van der Waals surface area contributed by atoms with E-state index in [0.29, 0.717) is 5.92 Å². The van der Waals surface area contributed by atoms with E-state index in [0.717, 1.165) is 25.7 Å². The molecule has 0 spiro atoms. The summed E-state index contributed by atoms with van der Waals surface area (Å²) in [6.07, 6.45) is 10.5. The van der Waals surface area contributed by atoms with Crippen LogP contribution >= 0.6 is 0 Å². The highest BCUT2D eigenvalue weighted by Gasteiger charge is 2.30. The van der Waals surface area contributed by atoms with E-state index in [2.05, 4.69) is 28.4 Å². The zero-order chi connectivity index (χ0) is 16.4. The SMILES string of the molecule is Cn1cc(CN2CCC(N3CCNCC3)C2)c(C2CCCCC2)n1. The minimum Gasteiger partial charge on any atom is -0.314 e. The van der Waals surface area contributed by atoms with Gasteiger partial charge in [-0.25, -0.2) is 0 Å². The molecule has 1 N–H and O–H groups in total. The highest BCUT2D eigenvalue weighted by Crippen LogP contribution is 2.34. The van der Waals surface area contributed by atoms with Crippen LogP contribution in [0, 0.1) is 0 Å². The summed E-state index contributed by atoms with van der Waals surface area (Å²) in [5, 5.41) is 8.33. The van der Waals surface area contributed by atoms with Crippen LogP contribution in [-0.2, 0) is 13.6 Å². The summed E-state index contributed by atoms with van der Waals surface area (Å²) in [5.41, 5.74) is 2.90. The van der Waals surface area contributed by atoms with Crippen LogP contribution in [0.5, 0.6) is 0 Å². The van der Waals surface area contributed by atoms with Crippen LogP contribution in [0.15, 0.2) is 6.20 Å². The first kappa shape index (κ1) is 16.6. The lowest BCUT2D eigenvalue weighted by molar-refractivity contribution is 0.170. The molecule has 1 atom stereocenters. The fourth-order valence-electron chi connectivity index (χ4n) is 4.94. The Hall–Kier alpha value is -0.910. The van der Waals surface area contributed by atoms with E-state index in [1.807, 2.05) is 4.68 Å². The third kappa shape index (κ3) is 3.68. The standard InChI is InChI=1S/C19H33N5/c1-22-13-17(19(21-22)16-5-3-2-4-6-16)14-23-10-7-18(15-23)24-11-8-20-9-12-24/h13,16,18,20H,2-12,14-15H2,1H3. The minimum atomic E-state index is 0.710. The monoisotopic (exact) mass is 331 g/mol. The van der Waals surface area contributed by atoms with Gasteiger partial charge in [-0.3, -0.25) is 14.5 Å². The molecule has 1 unspecified atom stereocenters. The predicted molar refractivity (Wildman–Crippen MR) is 97.2 cm³/mol. The van der Waals surface area contributed by atoms with Gasteiger partial charge in [0.15, 0.2) is 0 Å². The van der Waals surface area contributed by atoms with Gasteiger partial charge in [-0.05, 0) is 19.3 Å². The van der Waals surface area contributed by atoms with E-state index in [4.69, 9.17) is 5.10 Å². The number of hydrogen-bond acceptors (Lipinski definition) is 4. The number of aromatic nitrogens is 2. The fourth-order valence-corrected chi connectivity index (χ4v) is 4.94. The summed E-state index contributed by atoms with van der Waals surface area (Å²) >= 11 is 0. The van der Waals surface area contributed by atoms with Crippen molar-refractivity contribution in [2.45, 2.75) is 57.0 Å². The van der Waals surface area contributed by atoms with Crippen molar-refractivity contribution in [1.82, 2.24) is 24.9 Å². The lowest BCUT2D eigenvalue weighted by Crippen LogP contribution is -2.49. The van der Waals surface area contributed by atoms with Crippen LogP contribution in [0.1, 0.15) is 55.7 Å². The van der Waals surface area contributed by atoms with Gasteiger partial charge in [0.1, 0.15) is 0 Å². The number of rotatable bonds is 4. The molecular formula is C19H33N5. The fraction of sp³-hybridized carbons (Fsp3) is 0.842. The summed E-state index contributed by atoms with van der Waals surface area (Å²) in [6.45, 7) is 8.34. The minimum absolute atomic E-state index is 0.710. The molecule has 5 heteroatoms. The van der Waals surface area contributed by atoms with Crippen LogP contribution in [0.25, 0.3) is 0 Å². The summed E-state index contributed by atoms with van der Waals surface area (Å²) in [5.74, 6) is 0.710. The molecule has 1 aromatic heterocycles. The second-order valence-corrected chi connectivity index (χ2v) is 8.01. The first-order chi connectivity index (χ1) is 11.8. The normalized spacial score (nSPS) is 27.8. The van der Waals surface area contributed by atoms with Gasteiger partial charge in [-0.1, -0.05) is 19.3 Å². The molecule has 3 heterocycles. The van der Waals surface area contributed by atoms with Gasteiger partial charge in [0.05, 0.1) is 5.69 Å². The molecule has 3 fully saturated rings. The van der Waals surface area contributed by atoms with Gasteiger partial charge in [0.2, 0.25) is 0 Å². The Labute approximate surface area is 146 Å². The number of aryl methyl sites for hydroxylation is 1. The van der Waals surface area contributed by atoms with E-state index in [1.54, 1.807) is 0 Å². The first-order valence-corrected chi connectivity index (χ1v) is 9.99. The van der Waals surface area contributed by atoms with Crippen molar-refractivity contribution in [2.75, 3.05) is 39.3 Å². The van der Waals surface area contributed by atoms with Crippen molar-refractivity contribution < 1.29 is 0 Å². The second kappa shape index (κ2) is 7.54. The van der Waals surface area contributed by atoms with E-state index >= 15 is 0 Å². The molecular weight excluding hydrogens is 298 g/mol. The van der Waals surface area contributed by atoms with Crippen LogP contribution in [-0.4, -0.2) is 64.9 Å². The molecule has 1 aliphatic carbocycles. The average molecular weight is 332 g/mol. The maximum absolute atomic E-state index is 4.86. The molecule has 0 amide bonds. The lowest BCUT2D eigenvalue weighted by atomic mass is 9.85. The van der Waals surface area contributed by atoms with Crippen molar-refractivity contribution in [1.29, 1.82) is 0 Å². The van der Waals surface area contributed by atoms with Gasteiger partial charge in [-0.15, -0.1) is 0 Å². The van der Waals surface area contributed by atoms with Crippen molar-refractivity contribution in [3.8, 4) is 0 Å². The molecule has 2 saturated heterocycles. The maximum atomic E-state index is 4.86. The zero-order valence-corrected chi connectivity index (χ0v) is 15.2. The van der Waals surface area contributed by atoms with E-state index in [1.165, 1.54) is 76.0 Å². The molecule has 5 nitrogen and oxygen atoms in total. The van der Waals surface area contributed by atoms with Gasteiger partial charge in [0, 0.05) is 76.6 Å². The third-order valence-corrected chi connectivity index (χ3v) is 6.24. The Bertz CT molecular complexity index is 528. The number of piperazine rings is 1. The van der Waals surface area contributed by atoms with Crippen LogP contribution in [0.4, 0.5) is 0 Å². The van der Waals surface area contributed by atoms with Gasteiger partial charge >= 0.3 is 0 Å². The Morgan fingerprint density at radius 1 is 1.08 bits per heavy atom. The molecule has 4 rings (SSSR count). The molecule has 134 valence electrons. The Balaban J connectivity index is 1.38. The second-order valence-electron chi connectivity index (χ2n) is 8.01. The smallest absolute Gasteiger partial charge is 0.0700 e. The first-order valence-electron chi connectivity index (χ1n) is 9.99.